The molecule has 0 saturated heterocycles. The monoisotopic (exact) mass is 268 g/mol. The average Bonchev–Trinajstić information content (AvgIpc) is 2.37. The van der Waals surface area contributed by atoms with Gasteiger partial charge in [-0.2, -0.15) is 0 Å². The van der Waals surface area contributed by atoms with Crippen LogP contribution in [0.2, 0.25) is 0 Å². The summed E-state index contributed by atoms with van der Waals surface area (Å²) >= 11 is 0. The van der Waals surface area contributed by atoms with Crippen LogP contribution in [0, 0.1) is 6.92 Å². The van der Waals surface area contributed by atoms with Crippen LogP contribution in [0.3, 0.4) is 0 Å². The highest BCUT2D eigenvalue weighted by Crippen LogP contribution is 2.38. The minimum Gasteiger partial charge on any atom is -0.508 e. The van der Waals surface area contributed by atoms with Gasteiger partial charge in [-0.3, -0.25) is 0 Å². The van der Waals surface area contributed by atoms with Crippen molar-refractivity contribution >= 4 is 0 Å². The maximum Gasteiger partial charge on any atom is 0.115 e. The zero-order valence-corrected chi connectivity index (χ0v) is 13.1. The standard InChI is InChI=1S/C19H24O/c1-12(2)16-7-6-8-17(13(3)4)19(16)18-10-9-15(20)11-14(18)5/h6-13,20H,1-5H3. The molecule has 0 heterocycles. The van der Waals surface area contributed by atoms with E-state index in [1.165, 1.54) is 22.3 Å². The number of phenols is 1. The second-order valence-electron chi connectivity index (χ2n) is 6.12. The molecule has 0 bridgehead atoms. The number of hydrogen-bond acceptors (Lipinski definition) is 1. The summed E-state index contributed by atoms with van der Waals surface area (Å²) in [5.74, 6) is 1.30. The fraction of sp³-hybridized carbons (Fsp3) is 0.368. The van der Waals surface area contributed by atoms with Crippen molar-refractivity contribution in [3.63, 3.8) is 0 Å². The Bertz CT molecular complexity index is 583. The highest BCUT2D eigenvalue weighted by atomic mass is 16.3. The van der Waals surface area contributed by atoms with Gasteiger partial charge in [-0.25, -0.2) is 0 Å². The third kappa shape index (κ3) is 2.72. The van der Waals surface area contributed by atoms with Crippen LogP contribution in [-0.4, -0.2) is 5.11 Å². The van der Waals surface area contributed by atoms with Gasteiger partial charge in [-0.1, -0.05) is 52.0 Å². The van der Waals surface area contributed by atoms with E-state index in [9.17, 15) is 5.11 Å². The van der Waals surface area contributed by atoms with E-state index in [0.717, 1.165) is 5.56 Å². The molecule has 0 saturated carbocycles. The van der Waals surface area contributed by atoms with Crippen LogP contribution in [0.1, 0.15) is 56.2 Å². The molecule has 0 fully saturated rings. The fourth-order valence-electron chi connectivity index (χ4n) is 2.79. The second-order valence-corrected chi connectivity index (χ2v) is 6.12. The van der Waals surface area contributed by atoms with Crippen molar-refractivity contribution in [2.75, 3.05) is 0 Å². The van der Waals surface area contributed by atoms with Crippen molar-refractivity contribution in [1.82, 2.24) is 0 Å². The van der Waals surface area contributed by atoms with E-state index in [-0.39, 0.29) is 0 Å². The number of rotatable bonds is 3. The van der Waals surface area contributed by atoms with E-state index in [0.29, 0.717) is 17.6 Å². The molecular weight excluding hydrogens is 244 g/mol. The highest BCUT2D eigenvalue weighted by molar-refractivity contribution is 5.75. The normalized spacial score (nSPS) is 11.3. The molecule has 2 aromatic carbocycles. The molecule has 0 amide bonds. The lowest BCUT2D eigenvalue weighted by molar-refractivity contribution is 0.475. The van der Waals surface area contributed by atoms with Gasteiger partial charge in [0.2, 0.25) is 0 Å². The number of hydrogen-bond donors (Lipinski definition) is 1. The number of aryl methyl sites for hydroxylation is 1. The number of benzene rings is 2. The van der Waals surface area contributed by atoms with Crippen molar-refractivity contribution in [3.05, 3.63) is 53.1 Å². The predicted molar refractivity (Wildman–Crippen MR) is 86.5 cm³/mol. The fourth-order valence-corrected chi connectivity index (χ4v) is 2.79. The van der Waals surface area contributed by atoms with Crippen LogP contribution < -0.4 is 0 Å². The molecule has 20 heavy (non-hydrogen) atoms. The molecule has 0 unspecified atom stereocenters. The maximum absolute atomic E-state index is 9.64. The van der Waals surface area contributed by atoms with Crippen LogP contribution in [0.4, 0.5) is 0 Å². The smallest absolute Gasteiger partial charge is 0.115 e. The first kappa shape index (κ1) is 14.6. The van der Waals surface area contributed by atoms with Crippen LogP contribution in [0.15, 0.2) is 36.4 Å². The lowest BCUT2D eigenvalue weighted by Gasteiger charge is -2.21. The van der Waals surface area contributed by atoms with Gasteiger partial charge >= 0.3 is 0 Å². The first-order valence-corrected chi connectivity index (χ1v) is 7.34. The summed E-state index contributed by atoms with van der Waals surface area (Å²) in [5.41, 5.74) is 6.46. The minimum absolute atomic E-state index is 0.333. The highest BCUT2D eigenvalue weighted by Gasteiger charge is 2.16. The van der Waals surface area contributed by atoms with Gasteiger partial charge in [-0.15, -0.1) is 0 Å². The molecule has 0 aromatic heterocycles. The first-order valence-electron chi connectivity index (χ1n) is 7.34. The van der Waals surface area contributed by atoms with Crippen molar-refractivity contribution < 1.29 is 5.11 Å². The quantitative estimate of drug-likeness (QED) is 0.766. The van der Waals surface area contributed by atoms with E-state index >= 15 is 0 Å². The maximum atomic E-state index is 9.64. The first-order chi connectivity index (χ1) is 9.41. The number of phenolic OH excluding ortho intramolecular Hbond substituents is 1. The minimum atomic E-state index is 0.333. The molecule has 0 atom stereocenters. The molecule has 0 radical (unpaired) electrons. The van der Waals surface area contributed by atoms with Crippen LogP contribution >= 0.6 is 0 Å². The molecular formula is C19H24O. The molecule has 106 valence electrons. The van der Waals surface area contributed by atoms with Crippen molar-refractivity contribution in [2.45, 2.75) is 46.5 Å². The van der Waals surface area contributed by atoms with Gasteiger partial charge in [-0.05, 0) is 58.7 Å². The van der Waals surface area contributed by atoms with Crippen LogP contribution in [0.5, 0.6) is 5.75 Å². The molecule has 2 rings (SSSR count). The third-order valence-electron chi connectivity index (χ3n) is 3.85. The van der Waals surface area contributed by atoms with Crippen molar-refractivity contribution in [3.8, 4) is 16.9 Å². The molecule has 1 nitrogen and oxygen atoms in total. The SMILES string of the molecule is Cc1cc(O)ccc1-c1c(C(C)C)cccc1C(C)C. The Kier molecular flexibility index (Phi) is 4.17. The van der Waals surface area contributed by atoms with E-state index in [4.69, 9.17) is 0 Å². The van der Waals surface area contributed by atoms with E-state index < -0.39 is 0 Å². The van der Waals surface area contributed by atoms with E-state index in [2.05, 4.69) is 52.8 Å². The lowest BCUT2D eigenvalue weighted by Crippen LogP contribution is -2.00. The molecule has 0 aliphatic heterocycles. The Balaban J connectivity index is 2.76. The second kappa shape index (κ2) is 5.70. The van der Waals surface area contributed by atoms with Gasteiger partial charge in [0.05, 0.1) is 0 Å². The van der Waals surface area contributed by atoms with Crippen molar-refractivity contribution in [2.24, 2.45) is 0 Å². The van der Waals surface area contributed by atoms with Crippen molar-refractivity contribution in [1.29, 1.82) is 0 Å². The Labute approximate surface area is 122 Å². The number of aromatic hydroxyl groups is 1. The summed E-state index contributed by atoms with van der Waals surface area (Å²) in [5, 5.41) is 9.64. The van der Waals surface area contributed by atoms with Gasteiger partial charge in [0, 0.05) is 0 Å². The average molecular weight is 268 g/mol. The zero-order valence-electron chi connectivity index (χ0n) is 13.1. The Morgan fingerprint density at radius 2 is 1.40 bits per heavy atom. The molecule has 0 aliphatic carbocycles. The molecule has 2 aromatic rings. The summed E-state index contributed by atoms with van der Waals surface area (Å²) in [6, 6.07) is 12.3. The molecule has 0 spiro atoms. The largest absolute Gasteiger partial charge is 0.508 e. The topological polar surface area (TPSA) is 20.2 Å². The van der Waals surface area contributed by atoms with Gasteiger partial charge < -0.3 is 5.11 Å². The van der Waals surface area contributed by atoms with Crippen LogP contribution in [-0.2, 0) is 0 Å². The zero-order chi connectivity index (χ0) is 14.9. The van der Waals surface area contributed by atoms with Gasteiger partial charge in [0.15, 0.2) is 0 Å². The Hall–Kier alpha value is -1.76. The Morgan fingerprint density at radius 1 is 0.850 bits per heavy atom. The van der Waals surface area contributed by atoms with Gasteiger partial charge in [0.1, 0.15) is 5.75 Å². The molecule has 1 N–H and O–H groups in total. The Morgan fingerprint density at radius 3 is 1.85 bits per heavy atom. The van der Waals surface area contributed by atoms with E-state index in [1.54, 1.807) is 6.07 Å². The summed E-state index contributed by atoms with van der Waals surface area (Å²) in [6.07, 6.45) is 0. The van der Waals surface area contributed by atoms with E-state index in [1.807, 2.05) is 12.1 Å². The third-order valence-corrected chi connectivity index (χ3v) is 3.85. The summed E-state index contributed by atoms with van der Waals surface area (Å²) in [4.78, 5) is 0. The van der Waals surface area contributed by atoms with Crippen LogP contribution in [0.25, 0.3) is 11.1 Å². The summed E-state index contributed by atoms with van der Waals surface area (Å²) < 4.78 is 0. The van der Waals surface area contributed by atoms with Gasteiger partial charge in [0.25, 0.3) is 0 Å². The molecule has 0 aliphatic rings. The summed E-state index contributed by atoms with van der Waals surface area (Å²) in [6.45, 7) is 11.0. The summed E-state index contributed by atoms with van der Waals surface area (Å²) in [7, 11) is 0. The lowest BCUT2D eigenvalue weighted by atomic mass is 9.83. The molecule has 1 heteroatoms. The predicted octanol–water partition coefficient (Wildman–Crippen LogP) is 5.61.